The molecule has 13 heavy (non-hydrogen) atoms. The van der Waals surface area contributed by atoms with E-state index in [9.17, 15) is 4.39 Å². The summed E-state index contributed by atoms with van der Waals surface area (Å²) in [7, 11) is 0. The molecule has 4 heteroatoms. The zero-order valence-electron chi connectivity index (χ0n) is 6.85. The monoisotopic (exact) mass is 198 g/mol. The van der Waals surface area contributed by atoms with Crippen LogP contribution in [0.15, 0.2) is 18.2 Å². The Morgan fingerprint density at radius 1 is 1.46 bits per heavy atom. The van der Waals surface area contributed by atoms with E-state index in [1.165, 1.54) is 12.1 Å². The normalized spacial score (nSPS) is 9.31. The van der Waals surface area contributed by atoms with Gasteiger partial charge in [0.2, 0.25) is 0 Å². The summed E-state index contributed by atoms with van der Waals surface area (Å²) >= 11 is 5.62. The van der Waals surface area contributed by atoms with E-state index in [0.717, 1.165) is 0 Å². The summed E-state index contributed by atoms with van der Waals surface area (Å²) in [5.41, 5.74) is 0.597. The van der Waals surface area contributed by atoms with Crippen molar-refractivity contribution in [3.63, 3.8) is 0 Å². The van der Waals surface area contributed by atoms with E-state index >= 15 is 0 Å². The summed E-state index contributed by atoms with van der Waals surface area (Å²) in [5.74, 6) is -0.382. The Labute approximate surface area is 80.9 Å². The van der Waals surface area contributed by atoms with Crippen LogP contribution in [0.5, 0.6) is 0 Å². The fraction of sp³-hybridized carbons (Fsp3) is 0.222. The van der Waals surface area contributed by atoms with Crippen LogP contribution < -0.4 is 5.32 Å². The van der Waals surface area contributed by atoms with E-state index in [1.807, 2.05) is 6.07 Å². The largest absolute Gasteiger partial charge is 0.384 e. The Morgan fingerprint density at radius 3 is 2.85 bits per heavy atom. The number of benzene rings is 1. The van der Waals surface area contributed by atoms with Crippen molar-refractivity contribution in [2.45, 2.75) is 6.42 Å². The maximum atomic E-state index is 12.7. The molecule has 0 unspecified atom stereocenters. The molecule has 0 aliphatic carbocycles. The molecule has 0 heterocycles. The smallest absolute Gasteiger partial charge is 0.126 e. The first-order chi connectivity index (χ1) is 6.22. The molecule has 0 aliphatic rings. The highest BCUT2D eigenvalue weighted by Gasteiger charge is 1.97. The Hall–Kier alpha value is -1.27. The second-order valence-electron chi connectivity index (χ2n) is 2.49. The van der Waals surface area contributed by atoms with Gasteiger partial charge in [-0.1, -0.05) is 11.6 Å². The third-order valence-corrected chi connectivity index (χ3v) is 1.65. The van der Waals surface area contributed by atoms with Crippen LogP contribution in [0.2, 0.25) is 5.02 Å². The number of halogens is 2. The van der Waals surface area contributed by atoms with Crippen molar-refractivity contribution in [3.8, 4) is 6.07 Å². The average Bonchev–Trinajstić information content (AvgIpc) is 2.03. The summed E-state index contributed by atoms with van der Waals surface area (Å²) in [6, 6.07) is 6.16. The van der Waals surface area contributed by atoms with Gasteiger partial charge < -0.3 is 5.32 Å². The summed E-state index contributed by atoms with van der Waals surface area (Å²) in [4.78, 5) is 0. The molecule has 2 nitrogen and oxygen atoms in total. The van der Waals surface area contributed by atoms with Gasteiger partial charge in [0.1, 0.15) is 5.82 Å². The molecule has 0 saturated heterocycles. The van der Waals surface area contributed by atoms with Crippen molar-refractivity contribution < 1.29 is 4.39 Å². The van der Waals surface area contributed by atoms with Crippen LogP contribution in [0, 0.1) is 17.1 Å². The molecular weight excluding hydrogens is 191 g/mol. The van der Waals surface area contributed by atoms with Crippen molar-refractivity contribution in [2.24, 2.45) is 0 Å². The number of hydrogen-bond donors (Lipinski definition) is 1. The molecule has 68 valence electrons. The number of hydrogen-bond acceptors (Lipinski definition) is 2. The van der Waals surface area contributed by atoms with E-state index in [-0.39, 0.29) is 5.82 Å². The van der Waals surface area contributed by atoms with Crippen LogP contribution >= 0.6 is 11.6 Å². The molecule has 0 bridgehead atoms. The van der Waals surface area contributed by atoms with Crippen LogP contribution in [0.1, 0.15) is 6.42 Å². The maximum Gasteiger partial charge on any atom is 0.126 e. The first kappa shape index (κ1) is 9.82. The van der Waals surface area contributed by atoms with Crippen molar-refractivity contribution in [1.29, 1.82) is 5.26 Å². The van der Waals surface area contributed by atoms with E-state index in [0.29, 0.717) is 23.7 Å². The molecule has 0 radical (unpaired) electrons. The Kier molecular flexibility index (Phi) is 3.53. The Morgan fingerprint density at radius 2 is 2.23 bits per heavy atom. The lowest BCUT2D eigenvalue weighted by Gasteiger charge is -2.03. The lowest BCUT2D eigenvalue weighted by molar-refractivity contribution is 0.628. The van der Waals surface area contributed by atoms with E-state index in [2.05, 4.69) is 5.32 Å². The average molecular weight is 199 g/mol. The second kappa shape index (κ2) is 4.68. The summed E-state index contributed by atoms with van der Waals surface area (Å²) in [6.45, 7) is 0.496. The maximum absolute atomic E-state index is 12.7. The van der Waals surface area contributed by atoms with Crippen LogP contribution in [-0.2, 0) is 0 Å². The van der Waals surface area contributed by atoms with Crippen molar-refractivity contribution in [2.75, 3.05) is 11.9 Å². The van der Waals surface area contributed by atoms with Gasteiger partial charge in [-0.3, -0.25) is 0 Å². The molecule has 0 fully saturated rings. The van der Waals surface area contributed by atoms with Gasteiger partial charge in [0.25, 0.3) is 0 Å². The fourth-order valence-electron chi connectivity index (χ4n) is 0.919. The minimum Gasteiger partial charge on any atom is -0.384 e. The van der Waals surface area contributed by atoms with E-state index in [4.69, 9.17) is 16.9 Å². The summed E-state index contributed by atoms with van der Waals surface area (Å²) in [6.07, 6.45) is 0.383. The van der Waals surface area contributed by atoms with Gasteiger partial charge in [-0.05, 0) is 18.2 Å². The van der Waals surface area contributed by atoms with Gasteiger partial charge >= 0.3 is 0 Å². The molecule has 0 atom stereocenters. The van der Waals surface area contributed by atoms with Crippen LogP contribution in [0.25, 0.3) is 0 Å². The first-order valence-corrected chi connectivity index (χ1v) is 4.17. The predicted molar refractivity (Wildman–Crippen MR) is 50.1 cm³/mol. The lowest BCUT2D eigenvalue weighted by Crippen LogP contribution is -2.00. The predicted octanol–water partition coefficient (Wildman–Crippen LogP) is 2.80. The molecule has 0 aromatic heterocycles. The molecule has 1 N–H and O–H groups in total. The molecule has 0 aliphatic heterocycles. The Balaban J connectivity index is 2.62. The van der Waals surface area contributed by atoms with Crippen LogP contribution in [-0.4, -0.2) is 6.54 Å². The molecular formula is C9H8ClFN2. The molecule has 1 rings (SSSR count). The molecule has 0 saturated carbocycles. The number of nitriles is 1. The lowest BCUT2D eigenvalue weighted by atomic mass is 10.3. The van der Waals surface area contributed by atoms with Gasteiger partial charge in [0.05, 0.1) is 12.5 Å². The summed E-state index contributed by atoms with van der Waals surface area (Å²) in [5, 5.41) is 11.5. The minimum atomic E-state index is -0.382. The van der Waals surface area contributed by atoms with Gasteiger partial charge in [0, 0.05) is 17.3 Å². The van der Waals surface area contributed by atoms with Crippen molar-refractivity contribution in [3.05, 3.63) is 29.0 Å². The Bertz CT molecular complexity index is 313. The molecule has 0 amide bonds. The quantitative estimate of drug-likeness (QED) is 0.759. The highest BCUT2D eigenvalue weighted by atomic mass is 35.5. The van der Waals surface area contributed by atoms with Crippen molar-refractivity contribution in [1.82, 2.24) is 0 Å². The zero-order chi connectivity index (χ0) is 9.68. The third kappa shape index (κ3) is 3.30. The van der Waals surface area contributed by atoms with Gasteiger partial charge in [0.15, 0.2) is 0 Å². The third-order valence-electron chi connectivity index (χ3n) is 1.43. The van der Waals surface area contributed by atoms with Gasteiger partial charge in [-0.25, -0.2) is 4.39 Å². The van der Waals surface area contributed by atoms with Gasteiger partial charge in [-0.2, -0.15) is 5.26 Å². The topological polar surface area (TPSA) is 35.8 Å². The number of anilines is 1. The minimum absolute atomic E-state index is 0.347. The van der Waals surface area contributed by atoms with Crippen molar-refractivity contribution >= 4 is 17.3 Å². The standard InChI is InChI=1S/C9H8ClFN2/c10-7-4-8(11)6-9(5-7)13-3-1-2-12/h4-6,13H,1,3H2. The molecule has 1 aromatic carbocycles. The number of rotatable bonds is 3. The fourth-order valence-corrected chi connectivity index (χ4v) is 1.14. The van der Waals surface area contributed by atoms with E-state index in [1.54, 1.807) is 6.07 Å². The van der Waals surface area contributed by atoms with Gasteiger partial charge in [-0.15, -0.1) is 0 Å². The molecule has 1 aromatic rings. The summed E-state index contributed by atoms with van der Waals surface area (Å²) < 4.78 is 12.7. The number of nitrogens with one attached hydrogen (secondary N) is 1. The second-order valence-corrected chi connectivity index (χ2v) is 2.93. The molecule has 0 spiro atoms. The highest BCUT2D eigenvalue weighted by Crippen LogP contribution is 2.17. The highest BCUT2D eigenvalue weighted by molar-refractivity contribution is 6.30. The zero-order valence-corrected chi connectivity index (χ0v) is 7.61. The van der Waals surface area contributed by atoms with E-state index < -0.39 is 0 Å². The SMILES string of the molecule is N#CCCNc1cc(F)cc(Cl)c1. The number of nitrogens with zero attached hydrogens (tertiary/aromatic N) is 1. The van der Waals surface area contributed by atoms with Crippen LogP contribution in [0.4, 0.5) is 10.1 Å². The first-order valence-electron chi connectivity index (χ1n) is 3.79. The van der Waals surface area contributed by atoms with Crippen LogP contribution in [0.3, 0.4) is 0 Å².